The Bertz CT molecular complexity index is 1000. The van der Waals surface area contributed by atoms with Crippen molar-refractivity contribution in [2.45, 2.75) is 112 Å². The van der Waals surface area contributed by atoms with E-state index in [4.69, 9.17) is 18.9 Å². The van der Waals surface area contributed by atoms with Crippen LogP contribution in [0.15, 0.2) is 0 Å². The van der Waals surface area contributed by atoms with Gasteiger partial charge in [0.05, 0.1) is 16.9 Å². The van der Waals surface area contributed by atoms with Crippen molar-refractivity contribution in [1.82, 2.24) is 0 Å². The number of nitrogens with zero attached hydrogens (tertiary/aromatic N) is 1. The molecule has 212 valence electrons. The number of fused-ring (bicyclic) bond motifs is 1. The van der Waals surface area contributed by atoms with Gasteiger partial charge in [0, 0.05) is 11.8 Å². The summed E-state index contributed by atoms with van der Waals surface area (Å²) in [5, 5.41) is 9.33. The summed E-state index contributed by atoms with van der Waals surface area (Å²) < 4.78 is 21.3. The summed E-state index contributed by atoms with van der Waals surface area (Å²) >= 11 is 0. The van der Waals surface area contributed by atoms with Gasteiger partial charge in [0.2, 0.25) is 0 Å². The van der Waals surface area contributed by atoms with E-state index in [1.54, 1.807) is 13.8 Å². The number of hydrogen-bond acceptors (Lipinski definition) is 9. The zero-order valence-electron chi connectivity index (χ0n) is 24.0. The summed E-state index contributed by atoms with van der Waals surface area (Å²) in [7, 11) is 0. The van der Waals surface area contributed by atoms with Gasteiger partial charge in [-0.25, -0.2) is 4.79 Å². The van der Waals surface area contributed by atoms with E-state index in [0.29, 0.717) is 25.2 Å². The Labute approximate surface area is 225 Å². The minimum absolute atomic E-state index is 0.0576. The molecule has 4 aliphatic rings. The second kappa shape index (κ2) is 10.5. The molecule has 5 atom stereocenters. The van der Waals surface area contributed by atoms with Crippen molar-refractivity contribution < 1.29 is 38.1 Å². The zero-order valence-corrected chi connectivity index (χ0v) is 24.0. The predicted octanol–water partition coefficient (Wildman–Crippen LogP) is 4.51. The van der Waals surface area contributed by atoms with Crippen LogP contribution >= 0.6 is 0 Å². The molecule has 1 heterocycles. The van der Waals surface area contributed by atoms with Crippen molar-refractivity contribution in [3.63, 3.8) is 0 Å². The Hall–Kier alpha value is -2.63. The van der Waals surface area contributed by atoms with Gasteiger partial charge in [0.15, 0.2) is 12.0 Å². The van der Waals surface area contributed by atoms with E-state index in [0.717, 1.165) is 6.42 Å². The van der Waals surface area contributed by atoms with E-state index in [1.807, 2.05) is 41.5 Å². The van der Waals surface area contributed by atoms with Crippen LogP contribution in [0.5, 0.6) is 0 Å². The maximum Gasteiger partial charge on any atom is 0.344 e. The van der Waals surface area contributed by atoms with Gasteiger partial charge in [0.25, 0.3) is 0 Å². The average Bonchev–Trinajstić information content (AvgIpc) is 3.55. The molecule has 9 nitrogen and oxygen atoms in total. The Balaban J connectivity index is 0.000000244. The van der Waals surface area contributed by atoms with E-state index in [1.165, 1.54) is 12.8 Å². The molecular formula is C29H43NO8. The molecule has 0 aromatic carbocycles. The molecule has 0 aromatic rings. The largest absolute Gasteiger partial charge is 0.459 e. The molecule has 38 heavy (non-hydrogen) atoms. The van der Waals surface area contributed by atoms with Gasteiger partial charge in [-0.1, -0.05) is 13.8 Å². The number of rotatable bonds is 9. The third-order valence-electron chi connectivity index (χ3n) is 9.14. The molecule has 3 saturated carbocycles. The SMILES string of the molecule is CCC(C)(C)C(=O)OC(C)(C)C1CC1.CCC(C)(C)C(=O)OCC(=O)OC1C2CC3C1OC(=O)C3(C#N)C2. The van der Waals surface area contributed by atoms with Crippen LogP contribution in [0.3, 0.4) is 0 Å². The van der Waals surface area contributed by atoms with Crippen molar-refractivity contribution >= 4 is 23.9 Å². The Morgan fingerprint density at radius 1 is 1.03 bits per heavy atom. The van der Waals surface area contributed by atoms with Crippen molar-refractivity contribution in [3.05, 3.63) is 0 Å². The first-order valence-electron chi connectivity index (χ1n) is 13.8. The summed E-state index contributed by atoms with van der Waals surface area (Å²) in [6.45, 7) is 14.8. The summed E-state index contributed by atoms with van der Waals surface area (Å²) in [4.78, 5) is 47.7. The van der Waals surface area contributed by atoms with Crippen LogP contribution in [0.2, 0.25) is 0 Å². The van der Waals surface area contributed by atoms with Gasteiger partial charge in [0.1, 0.15) is 17.8 Å². The molecule has 9 heteroatoms. The molecule has 5 unspecified atom stereocenters. The lowest BCUT2D eigenvalue weighted by atomic mass is 9.75. The van der Waals surface area contributed by atoms with Gasteiger partial charge in [-0.2, -0.15) is 5.26 Å². The predicted molar refractivity (Wildman–Crippen MR) is 136 cm³/mol. The van der Waals surface area contributed by atoms with Crippen molar-refractivity contribution in [2.75, 3.05) is 6.61 Å². The van der Waals surface area contributed by atoms with Crippen LogP contribution in [0.25, 0.3) is 0 Å². The van der Waals surface area contributed by atoms with E-state index in [2.05, 4.69) is 6.07 Å². The highest BCUT2D eigenvalue weighted by Gasteiger charge is 2.72. The third kappa shape index (κ3) is 5.69. The Morgan fingerprint density at radius 3 is 2.13 bits per heavy atom. The monoisotopic (exact) mass is 533 g/mol. The van der Waals surface area contributed by atoms with Gasteiger partial charge >= 0.3 is 23.9 Å². The van der Waals surface area contributed by atoms with Crippen LogP contribution in [0, 0.1) is 45.3 Å². The molecule has 2 bridgehead atoms. The smallest absolute Gasteiger partial charge is 0.344 e. The van der Waals surface area contributed by atoms with E-state index >= 15 is 0 Å². The minimum atomic E-state index is -1.06. The highest BCUT2D eigenvalue weighted by atomic mass is 16.6. The molecule has 0 aromatic heterocycles. The van der Waals surface area contributed by atoms with Crippen LogP contribution in [0.1, 0.15) is 93.9 Å². The second-order valence-corrected chi connectivity index (χ2v) is 13.0. The number of carbonyl (C=O) groups is 4. The number of nitriles is 1. The highest BCUT2D eigenvalue weighted by Crippen LogP contribution is 2.62. The number of ether oxygens (including phenoxy) is 4. The standard InChI is InChI=1S/C17H21NO6.C12H22O2/c1-4-16(2,3)14(20)22-7-11(19)23-12-9-5-10-13(12)24-15(21)17(10,6-9)8-18;1-6-11(2,3)10(13)14-12(4,5)9-7-8-9/h9-10,12-13H,4-7H2,1-3H3;9H,6-8H2,1-5H3. The molecule has 0 N–H and O–H groups in total. The first kappa shape index (κ1) is 29.9. The summed E-state index contributed by atoms with van der Waals surface area (Å²) in [6, 6.07) is 2.10. The number of esters is 4. The summed E-state index contributed by atoms with van der Waals surface area (Å²) in [5.41, 5.74) is -2.31. The van der Waals surface area contributed by atoms with E-state index in [9.17, 15) is 24.4 Å². The van der Waals surface area contributed by atoms with Gasteiger partial charge < -0.3 is 18.9 Å². The molecule has 0 radical (unpaired) electrons. The maximum absolute atomic E-state index is 12.0. The molecule has 1 saturated heterocycles. The van der Waals surface area contributed by atoms with Crippen LogP contribution in [0.4, 0.5) is 0 Å². The topological polar surface area (TPSA) is 129 Å². The minimum Gasteiger partial charge on any atom is -0.459 e. The summed E-state index contributed by atoms with van der Waals surface area (Å²) in [6.07, 6.45) is 3.73. The van der Waals surface area contributed by atoms with Crippen LogP contribution in [-0.2, 0) is 38.1 Å². The Kier molecular flexibility index (Phi) is 8.27. The molecular weight excluding hydrogens is 490 g/mol. The highest BCUT2D eigenvalue weighted by molar-refractivity contribution is 5.85. The van der Waals surface area contributed by atoms with Crippen LogP contribution < -0.4 is 0 Å². The first-order chi connectivity index (χ1) is 17.5. The number of hydrogen-bond donors (Lipinski definition) is 0. The lowest BCUT2D eigenvalue weighted by Gasteiger charge is -2.30. The average molecular weight is 534 g/mol. The van der Waals surface area contributed by atoms with Gasteiger partial charge in [-0.15, -0.1) is 0 Å². The molecule has 0 amide bonds. The van der Waals surface area contributed by atoms with Gasteiger partial charge in [-0.3, -0.25) is 14.4 Å². The fourth-order valence-corrected chi connectivity index (χ4v) is 5.32. The molecule has 0 spiro atoms. The number of carbonyl (C=O) groups excluding carboxylic acids is 4. The lowest BCUT2D eigenvalue weighted by molar-refractivity contribution is -0.172. The zero-order chi connectivity index (χ0) is 28.7. The maximum atomic E-state index is 12.0. The fraction of sp³-hybridized carbons (Fsp3) is 0.828. The quantitative estimate of drug-likeness (QED) is 0.310. The lowest BCUT2D eigenvalue weighted by Crippen LogP contribution is -2.40. The van der Waals surface area contributed by atoms with Crippen molar-refractivity contribution in [2.24, 2.45) is 34.0 Å². The normalized spacial score (nSPS) is 29.5. The third-order valence-corrected chi connectivity index (χ3v) is 9.14. The van der Waals surface area contributed by atoms with Gasteiger partial charge in [-0.05, 0) is 86.0 Å². The fourth-order valence-electron chi connectivity index (χ4n) is 5.32. The second-order valence-electron chi connectivity index (χ2n) is 13.0. The molecule has 4 rings (SSSR count). The van der Waals surface area contributed by atoms with Crippen LogP contribution in [-0.4, -0.2) is 48.3 Å². The molecule has 3 aliphatic carbocycles. The van der Waals surface area contributed by atoms with E-state index in [-0.39, 0.29) is 28.8 Å². The van der Waals surface area contributed by atoms with Crippen molar-refractivity contribution in [3.8, 4) is 6.07 Å². The van der Waals surface area contributed by atoms with E-state index < -0.39 is 47.6 Å². The van der Waals surface area contributed by atoms with Crippen molar-refractivity contribution in [1.29, 1.82) is 5.26 Å². The first-order valence-corrected chi connectivity index (χ1v) is 13.8. The summed E-state index contributed by atoms with van der Waals surface area (Å²) in [5.74, 6) is -1.35. The molecule has 1 aliphatic heterocycles. The molecule has 4 fully saturated rings. The Morgan fingerprint density at radius 2 is 1.61 bits per heavy atom.